The molecule has 0 atom stereocenters. The molecule has 11 heavy (non-hydrogen) atoms. The third-order valence-electron chi connectivity index (χ3n) is 1.52. The summed E-state index contributed by atoms with van der Waals surface area (Å²) in [7, 11) is 0. The summed E-state index contributed by atoms with van der Waals surface area (Å²) in [6, 6.07) is 7.77. The summed E-state index contributed by atoms with van der Waals surface area (Å²) in [4.78, 5) is 0. The molecule has 1 rings (SSSR count). The van der Waals surface area contributed by atoms with Crippen molar-refractivity contribution in [3.63, 3.8) is 0 Å². The molecule has 2 nitrogen and oxygen atoms in total. The average Bonchev–Trinajstić information content (AvgIpc) is 2.06. The molecule has 0 aromatic heterocycles. The van der Waals surface area contributed by atoms with E-state index >= 15 is 0 Å². The van der Waals surface area contributed by atoms with E-state index in [9.17, 15) is 0 Å². The number of rotatable bonds is 3. The van der Waals surface area contributed by atoms with Crippen LogP contribution in [0.3, 0.4) is 0 Å². The van der Waals surface area contributed by atoms with Gasteiger partial charge in [-0.2, -0.15) is 0 Å². The Hall–Kier alpha value is -0.670. The van der Waals surface area contributed by atoms with Crippen molar-refractivity contribution in [1.82, 2.24) is 0 Å². The molecule has 0 aliphatic rings. The molecule has 3 heteroatoms. The van der Waals surface area contributed by atoms with Crippen molar-refractivity contribution in [2.45, 2.75) is 6.42 Å². The fourth-order valence-electron chi connectivity index (χ4n) is 0.968. The van der Waals surface area contributed by atoms with Gasteiger partial charge < -0.3 is 9.83 Å². The number of thiol groups is 1. The van der Waals surface area contributed by atoms with Gasteiger partial charge in [-0.25, -0.2) is 0 Å². The van der Waals surface area contributed by atoms with E-state index in [4.69, 9.17) is 5.11 Å². The van der Waals surface area contributed by atoms with Gasteiger partial charge in [-0.05, 0) is 18.1 Å². The lowest BCUT2D eigenvalue weighted by molar-refractivity contribution is 0.300. The Morgan fingerprint density at radius 1 is 1.36 bits per heavy atom. The first-order valence-corrected chi connectivity index (χ1v) is 3.92. The first kappa shape index (κ1) is 8.43. The first-order chi connectivity index (χ1) is 5.38. The van der Waals surface area contributed by atoms with Gasteiger partial charge in [0.15, 0.2) is 0 Å². The van der Waals surface area contributed by atoms with Crippen molar-refractivity contribution in [2.24, 2.45) is 0 Å². The predicted octanol–water partition coefficient (Wildman–Crippen LogP) is 1.48. The summed E-state index contributed by atoms with van der Waals surface area (Å²) in [5.41, 5.74) is 2.05. The highest BCUT2D eigenvalue weighted by molar-refractivity contribution is 7.81. The van der Waals surface area contributed by atoms with Gasteiger partial charge >= 0.3 is 0 Å². The van der Waals surface area contributed by atoms with Crippen molar-refractivity contribution in [1.29, 1.82) is 0 Å². The molecule has 0 spiro atoms. The van der Waals surface area contributed by atoms with E-state index in [0.29, 0.717) is 6.42 Å². The molecule has 0 bridgehead atoms. The zero-order valence-electron chi connectivity index (χ0n) is 6.12. The van der Waals surface area contributed by atoms with Crippen molar-refractivity contribution >= 4 is 18.5 Å². The van der Waals surface area contributed by atoms with Crippen LogP contribution in [0.5, 0.6) is 0 Å². The molecule has 60 valence electrons. The number of hydrogen-bond donors (Lipinski definition) is 3. The molecule has 0 amide bonds. The van der Waals surface area contributed by atoms with Crippen molar-refractivity contribution < 1.29 is 5.11 Å². The standard InChI is InChI=1S/C8H11NOS/c10-6-5-7-3-1-2-4-8(7)9-11/h1-4,9-11H,5-6H2. The van der Waals surface area contributed by atoms with Crippen LogP contribution in [-0.4, -0.2) is 11.7 Å². The van der Waals surface area contributed by atoms with E-state index in [1.165, 1.54) is 0 Å². The van der Waals surface area contributed by atoms with Crippen molar-refractivity contribution in [3.05, 3.63) is 29.8 Å². The zero-order valence-corrected chi connectivity index (χ0v) is 7.01. The minimum absolute atomic E-state index is 0.173. The monoisotopic (exact) mass is 169 g/mol. The predicted molar refractivity (Wildman–Crippen MR) is 49.8 cm³/mol. The molecular weight excluding hydrogens is 158 g/mol. The fourth-order valence-corrected chi connectivity index (χ4v) is 1.19. The number of hydrogen-bond acceptors (Lipinski definition) is 3. The molecule has 0 aliphatic carbocycles. The Labute approximate surface area is 71.8 Å². The minimum Gasteiger partial charge on any atom is -0.396 e. The fraction of sp³-hybridized carbons (Fsp3) is 0.250. The highest BCUT2D eigenvalue weighted by atomic mass is 32.1. The van der Waals surface area contributed by atoms with E-state index in [1.807, 2.05) is 24.3 Å². The number of anilines is 1. The molecule has 0 unspecified atom stereocenters. The van der Waals surface area contributed by atoms with Gasteiger partial charge in [0, 0.05) is 12.3 Å². The molecule has 2 N–H and O–H groups in total. The number of para-hydroxylation sites is 1. The van der Waals surface area contributed by atoms with Gasteiger partial charge in [-0.3, -0.25) is 0 Å². The second kappa shape index (κ2) is 4.26. The summed E-state index contributed by atoms with van der Waals surface area (Å²) in [6.07, 6.45) is 0.670. The molecule has 0 fully saturated rings. The third-order valence-corrected chi connectivity index (χ3v) is 1.76. The Bertz CT molecular complexity index is 227. The largest absolute Gasteiger partial charge is 0.396 e. The maximum atomic E-state index is 8.69. The zero-order chi connectivity index (χ0) is 8.10. The maximum absolute atomic E-state index is 8.69. The van der Waals surface area contributed by atoms with Crippen LogP contribution in [0.2, 0.25) is 0 Å². The topological polar surface area (TPSA) is 32.3 Å². The SMILES string of the molecule is OCCc1ccccc1NS. The van der Waals surface area contributed by atoms with Gasteiger partial charge in [-0.15, -0.1) is 0 Å². The first-order valence-electron chi connectivity index (χ1n) is 3.47. The average molecular weight is 169 g/mol. The van der Waals surface area contributed by atoms with E-state index in [-0.39, 0.29) is 6.61 Å². The van der Waals surface area contributed by atoms with Crippen molar-refractivity contribution in [3.8, 4) is 0 Å². The highest BCUT2D eigenvalue weighted by Gasteiger charge is 1.96. The summed E-state index contributed by atoms with van der Waals surface area (Å²) in [6.45, 7) is 0.173. The Balaban J connectivity index is 2.83. The highest BCUT2D eigenvalue weighted by Crippen LogP contribution is 2.15. The summed E-state index contributed by atoms with van der Waals surface area (Å²) in [5, 5.41) is 8.69. The molecule has 0 radical (unpaired) electrons. The number of aliphatic hydroxyl groups excluding tert-OH is 1. The Kier molecular flexibility index (Phi) is 3.26. The summed E-state index contributed by atoms with van der Waals surface area (Å²) in [5.74, 6) is 0. The van der Waals surface area contributed by atoms with Crippen LogP contribution in [0.1, 0.15) is 5.56 Å². The van der Waals surface area contributed by atoms with Gasteiger partial charge in [-0.1, -0.05) is 31.0 Å². The van der Waals surface area contributed by atoms with Crippen LogP contribution in [0.25, 0.3) is 0 Å². The normalized spacial score (nSPS) is 9.64. The maximum Gasteiger partial charge on any atom is 0.0472 e. The summed E-state index contributed by atoms with van der Waals surface area (Å²) < 4.78 is 2.76. The van der Waals surface area contributed by atoms with E-state index in [0.717, 1.165) is 11.3 Å². The minimum atomic E-state index is 0.173. The van der Waals surface area contributed by atoms with Crippen LogP contribution < -0.4 is 4.72 Å². The second-order valence-corrected chi connectivity index (χ2v) is 2.47. The molecule has 0 aliphatic heterocycles. The lowest BCUT2D eigenvalue weighted by Gasteiger charge is -2.05. The van der Waals surface area contributed by atoms with Crippen LogP contribution in [-0.2, 0) is 6.42 Å². The summed E-state index contributed by atoms with van der Waals surface area (Å²) >= 11 is 3.94. The van der Waals surface area contributed by atoms with Crippen LogP contribution in [0.4, 0.5) is 5.69 Å². The Morgan fingerprint density at radius 2 is 2.09 bits per heavy atom. The lowest BCUT2D eigenvalue weighted by atomic mass is 10.1. The molecule has 1 aromatic rings. The number of aliphatic hydroxyl groups is 1. The van der Waals surface area contributed by atoms with Gasteiger partial charge in [0.2, 0.25) is 0 Å². The molecule has 0 saturated heterocycles. The Morgan fingerprint density at radius 3 is 2.73 bits per heavy atom. The third kappa shape index (κ3) is 2.13. The van der Waals surface area contributed by atoms with Gasteiger partial charge in [0.25, 0.3) is 0 Å². The lowest BCUT2D eigenvalue weighted by Crippen LogP contribution is -1.94. The molecule has 0 heterocycles. The van der Waals surface area contributed by atoms with Crippen LogP contribution in [0, 0.1) is 0 Å². The van der Waals surface area contributed by atoms with Crippen LogP contribution >= 0.6 is 12.8 Å². The number of benzene rings is 1. The van der Waals surface area contributed by atoms with Gasteiger partial charge in [0.1, 0.15) is 0 Å². The van der Waals surface area contributed by atoms with E-state index < -0.39 is 0 Å². The van der Waals surface area contributed by atoms with Crippen LogP contribution in [0.15, 0.2) is 24.3 Å². The number of nitrogens with one attached hydrogen (secondary N) is 1. The van der Waals surface area contributed by atoms with Crippen molar-refractivity contribution in [2.75, 3.05) is 11.3 Å². The smallest absolute Gasteiger partial charge is 0.0472 e. The molecular formula is C8H11NOS. The van der Waals surface area contributed by atoms with E-state index in [2.05, 4.69) is 17.5 Å². The van der Waals surface area contributed by atoms with Gasteiger partial charge in [0.05, 0.1) is 0 Å². The quantitative estimate of drug-likeness (QED) is 0.599. The molecule has 0 saturated carbocycles. The second-order valence-electron chi connectivity index (χ2n) is 2.24. The molecule has 1 aromatic carbocycles. The van der Waals surface area contributed by atoms with E-state index in [1.54, 1.807) is 0 Å².